The molecule has 11 rings (SSSR count). The lowest BCUT2D eigenvalue weighted by Gasteiger charge is -2.16. The van der Waals surface area contributed by atoms with Crippen molar-refractivity contribution in [3.63, 3.8) is 0 Å². The molecule has 0 aliphatic rings. The van der Waals surface area contributed by atoms with Crippen LogP contribution in [0.25, 0.3) is 112 Å². The Morgan fingerprint density at radius 2 is 0.750 bits per heavy atom. The number of para-hydroxylation sites is 2. The Morgan fingerprint density at radius 3 is 1.41 bits per heavy atom. The van der Waals surface area contributed by atoms with E-state index in [2.05, 4.69) is 97.1 Å². The van der Waals surface area contributed by atoms with E-state index in [1.165, 1.54) is 0 Å². The molecule has 0 fully saturated rings. The van der Waals surface area contributed by atoms with Gasteiger partial charge >= 0.3 is 0 Å². The van der Waals surface area contributed by atoms with Crippen LogP contribution in [0, 0.1) is 0 Å². The Bertz CT molecular complexity index is 3260. The number of benzene rings is 7. The summed E-state index contributed by atoms with van der Waals surface area (Å²) in [6.45, 7) is 0. The van der Waals surface area contributed by atoms with E-state index in [4.69, 9.17) is 28.8 Å². The second-order valence-corrected chi connectivity index (χ2v) is 13.8. The molecule has 0 radical (unpaired) electrons. The summed E-state index contributed by atoms with van der Waals surface area (Å²) < 4.78 is 12.7. The Morgan fingerprint density at radius 1 is 0.304 bits per heavy atom. The molecular weight excluding hydrogens is 689 g/mol. The number of hydrogen-bond donors (Lipinski definition) is 0. The number of hydrogen-bond acceptors (Lipinski definition) is 6. The number of rotatable bonds is 6. The van der Waals surface area contributed by atoms with E-state index in [1.807, 2.05) is 84.9 Å². The van der Waals surface area contributed by atoms with Gasteiger partial charge in [0.2, 0.25) is 11.4 Å². The lowest BCUT2D eigenvalue weighted by Crippen LogP contribution is -1.96. The molecule has 4 heterocycles. The first-order chi connectivity index (χ1) is 27.8. The van der Waals surface area contributed by atoms with Crippen LogP contribution in [0.15, 0.2) is 191 Å². The van der Waals surface area contributed by atoms with E-state index in [0.717, 1.165) is 88.6 Å². The van der Waals surface area contributed by atoms with Gasteiger partial charge < -0.3 is 8.83 Å². The van der Waals surface area contributed by atoms with Gasteiger partial charge in [-0.15, -0.1) is 0 Å². The van der Waals surface area contributed by atoms with Gasteiger partial charge in [0, 0.05) is 33.0 Å². The second-order valence-electron chi connectivity index (χ2n) is 13.8. The van der Waals surface area contributed by atoms with Crippen LogP contribution < -0.4 is 0 Å². The SMILES string of the molecule is c1ccc(-c2nc(-c3ccccc3-c3ccccc3-c3cccc(-c4nc(-c5ccccc5)c5c(n4)oc4ccccc45)c3)c3c(n2)oc2ccccc23)cc1. The summed E-state index contributed by atoms with van der Waals surface area (Å²) in [4.78, 5) is 20.5. The molecule has 0 saturated heterocycles. The van der Waals surface area contributed by atoms with E-state index in [-0.39, 0.29) is 0 Å². The second kappa shape index (κ2) is 13.0. The van der Waals surface area contributed by atoms with Crippen LogP contribution in [0.5, 0.6) is 0 Å². The smallest absolute Gasteiger partial charge is 0.231 e. The van der Waals surface area contributed by atoms with Crippen molar-refractivity contribution in [1.82, 2.24) is 19.9 Å². The van der Waals surface area contributed by atoms with Crippen molar-refractivity contribution in [2.75, 3.05) is 0 Å². The van der Waals surface area contributed by atoms with E-state index in [0.29, 0.717) is 23.1 Å². The minimum Gasteiger partial charge on any atom is -0.438 e. The maximum absolute atomic E-state index is 6.38. The Hall–Kier alpha value is -7.70. The number of furan rings is 2. The molecule has 6 nitrogen and oxygen atoms in total. The van der Waals surface area contributed by atoms with E-state index >= 15 is 0 Å². The van der Waals surface area contributed by atoms with Gasteiger partial charge in [-0.05, 0) is 40.5 Å². The Labute approximate surface area is 321 Å². The summed E-state index contributed by atoms with van der Waals surface area (Å²) >= 11 is 0. The highest BCUT2D eigenvalue weighted by Crippen LogP contribution is 2.43. The first kappa shape index (κ1) is 31.8. The van der Waals surface area contributed by atoms with Crippen LogP contribution >= 0.6 is 0 Å². The molecule has 4 aromatic heterocycles. The molecule has 0 amide bonds. The van der Waals surface area contributed by atoms with Gasteiger partial charge in [0.05, 0.1) is 22.2 Å². The molecule has 7 aromatic carbocycles. The topological polar surface area (TPSA) is 77.8 Å². The van der Waals surface area contributed by atoms with Crippen molar-refractivity contribution < 1.29 is 8.83 Å². The summed E-state index contributed by atoms with van der Waals surface area (Å²) in [5.41, 5.74) is 12.4. The van der Waals surface area contributed by atoms with Gasteiger partial charge in [-0.3, -0.25) is 0 Å². The minimum atomic E-state index is 0.558. The van der Waals surface area contributed by atoms with Crippen LogP contribution in [0.2, 0.25) is 0 Å². The highest BCUT2D eigenvalue weighted by molar-refractivity contribution is 6.13. The maximum Gasteiger partial charge on any atom is 0.231 e. The molecule has 0 aliphatic carbocycles. The van der Waals surface area contributed by atoms with Crippen LogP contribution in [-0.2, 0) is 0 Å². The number of aromatic nitrogens is 4. The van der Waals surface area contributed by atoms with E-state index in [1.54, 1.807) is 0 Å². The predicted octanol–water partition coefficient (Wildman–Crippen LogP) is 13.1. The zero-order chi connectivity index (χ0) is 37.0. The van der Waals surface area contributed by atoms with Gasteiger partial charge in [0.25, 0.3) is 0 Å². The monoisotopic (exact) mass is 718 g/mol. The van der Waals surface area contributed by atoms with Gasteiger partial charge in [-0.1, -0.05) is 164 Å². The van der Waals surface area contributed by atoms with Crippen LogP contribution in [0.3, 0.4) is 0 Å². The van der Waals surface area contributed by atoms with Crippen molar-refractivity contribution in [3.8, 4) is 67.5 Å². The van der Waals surface area contributed by atoms with Crippen LogP contribution in [0.1, 0.15) is 0 Å². The average molecular weight is 719 g/mol. The summed E-state index contributed by atoms with van der Waals surface area (Å²) in [5.74, 6) is 1.21. The fourth-order valence-corrected chi connectivity index (χ4v) is 7.81. The summed E-state index contributed by atoms with van der Waals surface area (Å²) in [5, 5.41) is 3.77. The summed E-state index contributed by atoms with van der Waals surface area (Å²) in [6.07, 6.45) is 0. The van der Waals surface area contributed by atoms with Crippen molar-refractivity contribution >= 4 is 44.1 Å². The molecule has 11 aromatic rings. The lowest BCUT2D eigenvalue weighted by molar-refractivity contribution is 0.653. The van der Waals surface area contributed by atoms with Crippen molar-refractivity contribution in [2.24, 2.45) is 0 Å². The first-order valence-electron chi connectivity index (χ1n) is 18.6. The summed E-state index contributed by atoms with van der Waals surface area (Å²) in [7, 11) is 0. The fraction of sp³-hybridized carbons (Fsp3) is 0. The van der Waals surface area contributed by atoms with E-state index in [9.17, 15) is 0 Å². The maximum atomic E-state index is 6.38. The summed E-state index contributed by atoms with van der Waals surface area (Å²) in [6, 6.07) is 61.8. The zero-order valence-corrected chi connectivity index (χ0v) is 29.9. The third kappa shape index (κ3) is 5.27. The lowest BCUT2D eigenvalue weighted by atomic mass is 9.89. The Balaban J connectivity index is 1.09. The molecule has 0 aliphatic heterocycles. The molecule has 0 saturated carbocycles. The van der Waals surface area contributed by atoms with Gasteiger partial charge in [0.1, 0.15) is 11.2 Å². The molecule has 0 atom stereocenters. The fourth-order valence-electron chi connectivity index (χ4n) is 7.81. The first-order valence-corrected chi connectivity index (χ1v) is 18.6. The molecule has 0 N–H and O–H groups in total. The molecule has 0 bridgehead atoms. The molecule has 6 heteroatoms. The molecule has 0 unspecified atom stereocenters. The van der Waals surface area contributed by atoms with Crippen molar-refractivity contribution in [2.45, 2.75) is 0 Å². The van der Waals surface area contributed by atoms with Crippen molar-refractivity contribution in [1.29, 1.82) is 0 Å². The molecule has 0 spiro atoms. The molecular formula is C50H30N4O2. The Kier molecular flexibility index (Phi) is 7.38. The quantitative estimate of drug-likeness (QED) is 0.170. The molecule has 56 heavy (non-hydrogen) atoms. The van der Waals surface area contributed by atoms with Crippen molar-refractivity contribution in [3.05, 3.63) is 182 Å². The number of fused-ring (bicyclic) bond motifs is 6. The third-order valence-electron chi connectivity index (χ3n) is 10.4. The highest BCUT2D eigenvalue weighted by atomic mass is 16.3. The van der Waals surface area contributed by atoms with Crippen LogP contribution in [0.4, 0.5) is 0 Å². The largest absolute Gasteiger partial charge is 0.438 e. The highest BCUT2D eigenvalue weighted by Gasteiger charge is 2.22. The zero-order valence-electron chi connectivity index (χ0n) is 29.9. The van der Waals surface area contributed by atoms with E-state index < -0.39 is 0 Å². The average Bonchev–Trinajstić information content (AvgIpc) is 3.85. The normalized spacial score (nSPS) is 11.6. The number of nitrogens with zero attached hydrogens (tertiary/aromatic N) is 4. The third-order valence-corrected chi connectivity index (χ3v) is 10.4. The van der Waals surface area contributed by atoms with Gasteiger partial charge in [0.15, 0.2) is 11.6 Å². The van der Waals surface area contributed by atoms with Gasteiger partial charge in [-0.2, -0.15) is 9.97 Å². The van der Waals surface area contributed by atoms with Crippen LogP contribution in [-0.4, -0.2) is 19.9 Å². The van der Waals surface area contributed by atoms with Gasteiger partial charge in [-0.25, -0.2) is 9.97 Å². The standard InChI is InChI=1S/C50H30N4O2/c1-3-16-31(17-4-1)45-43-39-26-11-13-28-41(39)55-49(43)54-48(51-45)34-21-15-20-33(30-34)35-22-7-8-23-36(35)37-24-9-10-25-38(37)46-44-40-27-12-14-29-42(40)56-50(44)53-47(52-46)32-18-5-2-6-19-32/h1-30H. The molecule has 262 valence electrons. The minimum absolute atomic E-state index is 0.558. The predicted molar refractivity (Wildman–Crippen MR) is 225 cm³/mol.